The van der Waals surface area contributed by atoms with Gasteiger partial charge >= 0.3 is 0 Å². The van der Waals surface area contributed by atoms with Gasteiger partial charge in [-0.2, -0.15) is 5.10 Å². The maximum atomic E-state index is 12.3. The lowest BCUT2D eigenvalue weighted by Crippen LogP contribution is -2.33. The van der Waals surface area contributed by atoms with Gasteiger partial charge in [-0.05, 0) is 12.1 Å². The molecular weight excluding hydrogens is 348 g/mol. The van der Waals surface area contributed by atoms with E-state index in [1.54, 1.807) is 36.4 Å². The molecule has 1 heterocycles. The molecule has 2 aliphatic rings. The number of amides is 1. The second kappa shape index (κ2) is 6.30. The molecule has 2 aromatic rings. The summed E-state index contributed by atoms with van der Waals surface area (Å²) in [4.78, 5) is 20.6. The predicted octanol–water partition coefficient (Wildman–Crippen LogP) is 0.331. The monoisotopic (exact) mass is 360 g/mol. The fourth-order valence-electron chi connectivity index (χ4n) is 2.82. The van der Waals surface area contributed by atoms with Crippen LogP contribution >= 0.6 is 0 Å². The van der Waals surface area contributed by atoms with Crippen molar-refractivity contribution in [1.29, 1.82) is 5.41 Å². The molecule has 0 radical (unpaired) electrons. The van der Waals surface area contributed by atoms with Crippen LogP contribution in [-0.4, -0.2) is 26.2 Å². The van der Waals surface area contributed by atoms with Crippen LogP contribution in [0.3, 0.4) is 0 Å². The molecule has 0 saturated heterocycles. The highest BCUT2D eigenvalue weighted by molar-refractivity contribution is 5.99. The normalized spacial score (nSPS) is 12.7. The molecule has 4 N–H and O–H groups in total. The molecule has 0 spiro atoms. The van der Waals surface area contributed by atoms with E-state index >= 15 is 0 Å². The zero-order valence-corrected chi connectivity index (χ0v) is 13.7. The number of carbonyl (C=O) groups is 1. The minimum absolute atomic E-state index is 0.0787. The molecule has 27 heavy (non-hydrogen) atoms. The van der Waals surface area contributed by atoms with Crippen molar-refractivity contribution in [3.63, 3.8) is 0 Å². The van der Waals surface area contributed by atoms with Crippen molar-refractivity contribution in [2.24, 2.45) is 10.3 Å². The van der Waals surface area contributed by atoms with Gasteiger partial charge in [0.25, 0.3) is 5.91 Å². The first-order valence-corrected chi connectivity index (χ1v) is 7.85. The number of fused-ring (bicyclic) bond motifs is 3. The maximum Gasteiger partial charge on any atom is 0.275 e. The van der Waals surface area contributed by atoms with Gasteiger partial charge in [0.1, 0.15) is 22.5 Å². The minimum atomic E-state index is -0.590. The smallest absolute Gasteiger partial charge is 0.275 e. The molecule has 9 nitrogen and oxygen atoms in total. The number of benzene rings is 2. The molecule has 1 amide bonds. The Bertz CT molecular complexity index is 1320. The van der Waals surface area contributed by atoms with Gasteiger partial charge in [0.2, 0.25) is 5.49 Å². The van der Waals surface area contributed by atoms with Gasteiger partial charge < -0.3 is 10.3 Å². The summed E-state index contributed by atoms with van der Waals surface area (Å²) in [6.07, 6.45) is 0. The number of carbonyl (C=O) groups excluding carboxylic acids is 1. The van der Waals surface area contributed by atoms with E-state index < -0.39 is 5.91 Å². The largest absolute Gasteiger partial charge is 0.507 e. The molecule has 2 aromatic carbocycles. The van der Waals surface area contributed by atoms with Gasteiger partial charge in [-0.1, -0.05) is 41.6 Å². The predicted molar refractivity (Wildman–Crippen MR) is 92.9 cm³/mol. The van der Waals surface area contributed by atoms with Crippen LogP contribution in [0.5, 0.6) is 5.75 Å². The Balaban J connectivity index is 1.92. The van der Waals surface area contributed by atoms with Gasteiger partial charge in [-0.15, -0.1) is 0 Å². The number of phenols is 1. The zero-order valence-electron chi connectivity index (χ0n) is 13.7. The first kappa shape index (κ1) is 16.3. The number of hydrogen-bond acceptors (Lipinski definition) is 8. The van der Waals surface area contributed by atoms with Crippen LogP contribution in [0.4, 0.5) is 0 Å². The van der Waals surface area contributed by atoms with E-state index in [-0.39, 0.29) is 22.3 Å². The number of aromatic hydroxyl groups is 1. The van der Waals surface area contributed by atoms with Crippen molar-refractivity contribution in [2.75, 3.05) is 0 Å². The lowest BCUT2D eigenvalue weighted by molar-refractivity contribution is 0.0950. The number of aromatic nitrogens is 2. The van der Waals surface area contributed by atoms with Crippen molar-refractivity contribution < 1.29 is 15.1 Å². The van der Waals surface area contributed by atoms with E-state index in [9.17, 15) is 9.90 Å². The third-order valence-electron chi connectivity index (χ3n) is 4.05. The average Bonchev–Trinajstić information content (AvgIpc) is 2.98. The fraction of sp³-hybridized carbons (Fsp3) is 0. The Morgan fingerprint density at radius 3 is 2.44 bits per heavy atom. The van der Waals surface area contributed by atoms with Crippen LogP contribution in [0.15, 0.2) is 58.8 Å². The third kappa shape index (κ3) is 2.67. The molecule has 1 aliphatic heterocycles. The molecule has 0 fully saturated rings. The molecule has 0 unspecified atom stereocenters. The Morgan fingerprint density at radius 1 is 1.00 bits per heavy atom. The van der Waals surface area contributed by atoms with Gasteiger partial charge in [-0.3, -0.25) is 10.2 Å². The van der Waals surface area contributed by atoms with Crippen LogP contribution in [0.2, 0.25) is 0 Å². The minimum Gasteiger partial charge on any atom is -0.507 e. The third-order valence-corrected chi connectivity index (χ3v) is 4.05. The molecule has 0 saturated carbocycles. The van der Waals surface area contributed by atoms with Gasteiger partial charge in [0.15, 0.2) is 5.49 Å². The quantitative estimate of drug-likeness (QED) is 0.301. The Labute approximate surface area is 151 Å². The summed E-state index contributed by atoms with van der Waals surface area (Å²) in [5.41, 5.74) is 2.66. The van der Waals surface area contributed by atoms with Crippen LogP contribution in [0.1, 0.15) is 10.4 Å². The lowest BCUT2D eigenvalue weighted by atomic mass is 10.2. The molecule has 4 rings (SSSR count). The molecule has 0 aromatic heterocycles. The molecule has 0 atom stereocenters. The van der Waals surface area contributed by atoms with Crippen molar-refractivity contribution in [1.82, 2.24) is 15.4 Å². The highest BCUT2D eigenvalue weighted by Crippen LogP contribution is 2.24. The summed E-state index contributed by atoms with van der Waals surface area (Å²) in [7, 11) is 0. The van der Waals surface area contributed by atoms with E-state index in [0.29, 0.717) is 27.5 Å². The van der Waals surface area contributed by atoms with Crippen LogP contribution in [0.25, 0.3) is 22.2 Å². The number of para-hydroxylation sites is 1. The number of rotatable bonds is 2. The highest BCUT2D eigenvalue weighted by Gasteiger charge is 2.19. The van der Waals surface area contributed by atoms with E-state index in [0.717, 1.165) is 0 Å². The second-order valence-electron chi connectivity index (χ2n) is 5.66. The Kier molecular flexibility index (Phi) is 3.81. The standard InChI is InChI=1S/C18H12N6O3/c19-16-17(24-27)21-13-9-5-1-2-6-10(9)14(15(13)20-16)22-23-18(26)11-7-3-4-8-12(11)25/h1-8,19,25,27H,(H,23,26)/b19-16?,22-14-,24-17+. The van der Waals surface area contributed by atoms with Crippen LogP contribution in [0, 0.1) is 5.41 Å². The number of hydrogen-bond donors (Lipinski definition) is 4. The summed E-state index contributed by atoms with van der Waals surface area (Å²) in [5.74, 6) is -0.752. The lowest BCUT2D eigenvalue weighted by Gasteiger charge is -2.02. The molecule has 0 bridgehead atoms. The van der Waals surface area contributed by atoms with Crippen molar-refractivity contribution in [3.05, 3.63) is 70.4 Å². The Morgan fingerprint density at radius 2 is 1.70 bits per heavy atom. The highest BCUT2D eigenvalue weighted by atomic mass is 16.4. The van der Waals surface area contributed by atoms with E-state index in [1.807, 2.05) is 0 Å². The first-order chi connectivity index (χ1) is 13.1. The molecule has 132 valence electrons. The van der Waals surface area contributed by atoms with E-state index in [4.69, 9.17) is 10.6 Å². The van der Waals surface area contributed by atoms with Crippen molar-refractivity contribution in [2.45, 2.75) is 0 Å². The zero-order chi connectivity index (χ0) is 19.0. The van der Waals surface area contributed by atoms with Crippen LogP contribution < -0.4 is 21.8 Å². The Hall–Kier alpha value is -4.14. The average molecular weight is 360 g/mol. The maximum absolute atomic E-state index is 12.3. The van der Waals surface area contributed by atoms with Crippen LogP contribution in [-0.2, 0) is 0 Å². The van der Waals surface area contributed by atoms with Gasteiger partial charge in [0.05, 0.1) is 5.56 Å². The van der Waals surface area contributed by atoms with Crippen molar-refractivity contribution >= 4 is 16.7 Å². The summed E-state index contributed by atoms with van der Waals surface area (Å²) in [5, 5.41) is 35.4. The summed E-state index contributed by atoms with van der Waals surface area (Å²) < 4.78 is 0. The molecule has 9 heteroatoms. The number of nitrogens with zero attached hydrogens (tertiary/aromatic N) is 4. The number of phenolic OH excluding ortho intramolecular Hbond substituents is 1. The summed E-state index contributed by atoms with van der Waals surface area (Å²) in [6.45, 7) is 0. The second-order valence-corrected chi connectivity index (χ2v) is 5.66. The first-order valence-electron chi connectivity index (χ1n) is 7.85. The topological polar surface area (TPSA) is 144 Å². The fourth-order valence-corrected chi connectivity index (χ4v) is 2.82. The van der Waals surface area contributed by atoms with Gasteiger partial charge in [0, 0.05) is 10.8 Å². The summed E-state index contributed by atoms with van der Waals surface area (Å²) in [6, 6.07) is 13.3. The SMILES string of the molecule is N=c1nc2/c(=N\NC(=O)c3ccccc3O)c3ccccc3c-2n/c1=N/O. The van der Waals surface area contributed by atoms with E-state index in [1.165, 1.54) is 12.1 Å². The van der Waals surface area contributed by atoms with Gasteiger partial charge in [-0.25, -0.2) is 15.4 Å². The molecular formula is C18H12N6O3. The van der Waals surface area contributed by atoms with E-state index in [2.05, 4.69) is 25.7 Å². The van der Waals surface area contributed by atoms with Crippen molar-refractivity contribution in [3.8, 4) is 17.1 Å². The number of nitrogens with one attached hydrogen (secondary N) is 2. The summed E-state index contributed by atoms with van der Waals surface area (Å²) >= 11 is 0. The molecule has 1 aliphatic carbocycles.